The first kappa shape index (κ1) is 15.3. The van der Waals surface area contributed by atoms with Gasteiger partial charge in [-0.15, -0.1) is 0 Å². The molecule has 0 bridgehead atoms. The molecule has 0 saturated carbocycles. The summed E-state index contributed by atoms with van der Waals surface area (Å²) in [5.41, 5.74) is 2.60. The molecular weight excluding hydrogens is 302 g/mol. The van der Waals surface area contributed by atoms with Gasteiger partial charge in [0.05, 0.1) is 12.5 Å². The lowest BCUT2D eigenvalue weighted by molar-refractivity contribution is -0.134. The molecule has 1 aromatic heterocycles. The van der Waals surface area contributed by atoms with Gasteiger partial charge in [0.25, 0.3) is 0 Å². The molecule has 0 N–H and O–H groups in total. The van der Waals surface area contributed by atoms with Gasteiger partial charge in [0, 0.05) is 32.7 Å². The highest BCUT2D eigenvalue weighted by atomic mass is 16.2. The maximum absolute atomic E-state index is 12.9. The van der Waals surface area contributed by atoms with Crippen LogP contribution in [-0.4, -0.2) is 63.2 Å². The van der Waals surface area contributed by atoms with Crippen molar-refractivity contribution in [3.05, 3.63) is 48.0 Å². The Morgan fingerprint density at radius 3 is 2.75 bits per heavy atom. The van der Waals surface area contributed by atoms with E-state index >= 15 is 0 Å². The van der Waals surface area contributed by atoms with Crippen molar-refractivity contribution in [2.24, 2.45) is 0 Å². The summed E-state index contributed by atoms with van der Waals surface area (Å²) < 4.78 is 1.85. The van der Waals surface area contributed by atoms with E-state index in [0.29, 0.717) is 5.91 Å². The third kappa shape index (κ3) is 3.06. The minimum Gasteiger partial charge on any atom is -0.340 e. The second kappa shape index (κ2) is 6.73. The zero-order chi connectivity index (χ0) is 16.4. The summed E-state index contributed by atoms with van der Waals surface area (Å²) >= 11 is 0. The second-order valence-electron chi connectivity index (χ2n) is 6.62. The molecule has 1 aliphatic heterocycles. The van der Waals surface area contributed by atoms with Crippen LogP contribution in [0.3, 0.4) is 0 Å². The smallest absolute Gasteiger partial charge is 0.230 e. The lowest BCUT2D eigenvalue weighted by atomic mass is 9.99. The lowest BCUT2D eigenvalue weighted by Crippen LogP contribution is -2.50. The Morgan fingerprint density at radius 1 is 1.12 bits per heavy atom. The number of carbonyl (C=O) groups is 1. The van der Waals surface area contributed by atoms with E-state index in [1.807, 2.05) is 10.7 Å². The van der Waals surface area contributed by atoms with E-state index in [9.17, 15) is 4.79 Å². The van der Waals surface area contributed by atoms with Crippen LogP contribution >= 0.6 is 0 Å². The standard InChI is InChI=1S/C18H23N5O/c24-18(17-6-5-15-3-1-2-4-16(15)17)22-10-7-21(8-11-22)9-12-23-14-19-13-20-23/h1-4,13-14,17H,5-12H2. The predicted molar refractivity (Wildman–Crippen MR) is 90.5 cm³/mol. The van der Waals surface area contributed by atoms with Crippen molar-refractivity contribution in [1.29, 1.82) is 0 Å². The van der Waals surface area contributed by atoms with Crippen molar-refractivity contribution in [2.45, 2.75) is 25.3 Å². The quantitative estimate of drug-likeness (QED) is 0.846. The third-order valence-electron chi connectivity index (χ3n) is 5.23. The van der Waals surface area contributed by atoms with Crippen molar-refractivity contribution in [3.63, 3.8) is 0 Å². The SMILES string of the molecule is O=C(C1CCc2ccccc21)N1CCN(CCn2cncn2)CC1. The average molecular weight is 325 g/mol. The van der Waals surface area contributed by atoms with Crippen molar-refractivity contribution in [3.8, 4) is 0 Å². The minimum absolute atomic E-state index is 0.0721. The highest BCUT2D eigenvalue weighted by Crippen LogP contribution is 2.34. The van der Waals surface area contributed by atoms with Crippen molar-refractivity contribution in [2.75, 3.05) is 32.7 Å². The number of aromatic nitrogens is 3. The van der Waals surface area contributed by atoms with Gasteiger partial charge in [-0.05, 0) is 24.0 Å². The van der Waals surface area contributed by atoms with Crippen LogP contribution in [0.2, 0.25) is 0 Å². The van der Waals surface area contributed by atoms with Crippen LogP contribution in [-0.2, 0) is 17.8 Å². The Kier molecular flexibility index (Phi) is 4.30. The Hall–Kier alpha value is -2.21. The normalized spacial score (nSPS) is 21.0. The molecule has 4 rings (SSSR count). The van der Waals surface area contributed by atoms with E-state index in [1.54, 1.807) is 12.7 Å². The van der Waals surface area contributed by atoms with E-state index in [4.69, 9.17) is 0 Å². The first-order valence-corrected chi connectivity index (χ1v) is 8.72. The van der Waals surface area contributed by atoms with Crippen LogP contribution in [0.15, 0.2) is 36.9 Å². The molecule has 1 aromatic carbocycles. The molecule has 1 saturated heterocycles. The molecule has 2 aliphatic rings. The summed E-state index contributed by atoms with van der Waals surface area (Å²) in [6.45, 7) is 5.34. The van der Waals surface area contributed by atoms with Gasteiger partial charge in [-0.25, -0.2) is 4.98 Å². The van der Waals surface area contributed by atoms with Gasteiger partial charge in [-0.2, -0.15) is 5.10 Å². The number of benzene rings is 1. The van der Waals surface area contributed by atoms with E-state index in [2.05, 4.69) is 38.1 Å². The first-order chi connectivity index (χ1) is 11.8. The summed E-state index contributed by atoms with van der Waals surface area (Å²) in [4.78, 5) is 21.3. The highest BCUT2D eigenvalue weighted by Gasteiger charge is 2.32. The highest BCUT2D eigenvalue weighted by molar-refractivity contribution is 5.85. The summed E-state index contributed by atoms with van der Waals surface area (Å²) in [7, 11) is 0. The molecular formula is C18H23N5O. The third-order valence-corrected chi connectivity index (χ3v) is 5.23. The number of fused-ring (bicyclic) bond motifs is 1. The fraction of sp³-hybridized carbons (Fsp3) is 0.500. The van der Waals surface area contributed by atoms with Crippen LogP contribution < -0.4 is 0 Å². The number of hydrogen-bond acceptors (Lipinski definition) is 4. The molecule has 2 heterocycles. The van der Waals surface area contributed by atoms with Crippen LogP contribution in [0.25, 0.3) is 0 Å². The molecule has 1 amide bonds. The molecule has 1 aliphatic carbocycles. The number of piperazine rings is 1. The van der Waals surface area contributed by atoms with Gasteiger partial charge < -0.3 is 4.90 Å². The molecule has 0 spiro atoms. The van der Waals surface area contributed by atoms with Crippen LogP contribution in [0, 0.1) is 0 Å². The molecule has 6 heteroatoms. The second-order valence-corrected chi connectivity index (χ2v) is 6.62. The van der Waals surface area contributed by atoms with Gasteiger partial charge in [-0.3, -0.25) is 14.4 Å². The predicted octanol–water partition coefficient (Wildman–Crippen LogP) is 1.15. The number of amides is 1. The van der Waals surface area contributed by atoms with E-state index in [0.717, 1.165) is 52.1 Å². The molecule has 1 unspecified atom stereocenters. The van der Waals surface area contributed by atoms with Gasteiger partial charge in [0.15, 0.2) is 0 Å². The van der Waals surface area contributed by atoms with Gasteiger partial charge in [0.1, 0.15) is 12.7 Å². The van der Waals surface area contributed by atoms with E-state index in [-0.39, 0.29) is 5.92 Å². The number of aryl methyl sites for hydroxylation is 1. The van der Waals surface area contributed by atoms with Crippen LogP contribution in [0.4, 0.5) is 0 Å². The summed E-state index contributed by atoms with van der Waals surface area (Å²) in [6.07, 6.45) is 5.31. The molecule has 2 aromatic rings. The van der Waals surface area contributed by atoms with Gasteiger partial charge in [0.2, 0.25) is 5.91 Å². The Bertz CT molecular complexity index is 691. The molecule has 24 heavy (non-hydrogen) atoms. The maximum Gasteiger partial charge on any atom is 0.230 e. The molecule has 0 radical (unpaired) electrons. The fourth-order valence-electron chi connectivity index (χ4n) is 3.82. The summed E-state index contributed by atoms with van der Waals surface area (Å²) in [5.74, 6) is 0.388. The van der Waals surface area contributed by atoms with Gasteiger partial charge in [-0.1, -0.05) is 24.3 Å². The van der Waals surface area contributed by atoms with Crippen LogP contribution in [0.5, 0.6) is 0 Å². The number of carbonyl (C=O) groups excluding carboxylic acids is 1. The van der Waals surface area contributed by atoms with E-state index in [1.165, 1.54) is 11.1 Å². The van der Waals surface area contributed by atoms with E-state index < -0.39 is 0 Å². The maximum atomic E-state index is 12.9. The first-order valence-electron chi connectivity index (χ1n) is 8.72. The Labute approximate surface area is 142 Å². The zero-order valence-corrected chi connectivity index (χ0v) is 13.8. The lowest BCUT2D eigenvalue weighted by Gasteiger charge is -2.36. The minimum atomic E-state index is 0.0721. The monoisotopic (exact) mass is 325 g/mol. The van der Waals surface area contributed by atoms with Crippen molar-refractivity contribution >= 4 is 5.91 Å². The average Bonchev–Trinajstić information content (AvgIpc) is 3.29. The molecule has 1 fully saturated rings. The van der Waals surface area contributed by atoms with Crippen LogP contribution in [0.1, 0.15) is 23.5 Å². The molecule has 6 nitrogen and oxygen atoms in total. The topological polar surface area (TPSA) is 54.3 Å². The Balaban J connectivity index is 1.30. The largest absolute Gasteiger partial charge is 0.340 e. The number of rotatable bonds is 4. The van der Waals surface area contributed by atoms with Crippen molar-refractivity contribution < 1.29 is 4.79 Å². The number of hydrogen-bond donors (Lipinski definition) is 0. The van der Waals surface area contributed by atoms with Gasteiger partial charge >= 0.3 is 0 Å². The molecule has 1 atom stereocenters. The summed E-state index contributed by atoms with van der Waals surface area (Å²) in [6, 6.07) is 8.40. The fourth-order valence-corrected chi connectivity index (χ4v) is 3.82. The zero-order valence-electron chi connectivity index (χ0n) is 13.8. The molecule has 126 valence electrons. The van der Waals surface area contributed by atoms with Crippen molar-refractivity contribution in [1.82, 2.24) is 24.6 Å². The number of nitrogens with zero attached hydrogens (tertiary/aromatic N) is 5. The summed E-state index contributed by atoms with van der Waals surface area (Å²) in [5, 5.41) is 4.13. The Morgan fingerprint density at radius 2 is 1.96 bits per heavy atom.